The van der Waals surface area contributed by atoms with Crippen molar-refractivity contribution in [1.29, 1.82) is 0 Å². The van der Waals surface area contributed by atoms with Crippen LogP contribution in [0.3, 0.4) is 0 Å². The molecule has 1 aromatic heterocycles. The molecule has 0 fully saturated rings. The first-order valence-corrected chi connectivity index (χ1v) is 9.93. The Morgan fingerprint density at radius 2 is 1.81 bits per heavy atom. The molecule has 0 amide bonds. The summed E-state index contributed by atoms with van der Waals surface area (Å²) in [5, 5.41) is 0.974. The van der Waals surface area contributed by atoms with Crippen molar-refractivity contribution in [1.82, 2.24) is 0 Å². The minimum absolute atomic E-state index is 0.196. The lowest BCUT2D eigenvalue weighted by Gasteiger charge is -2.43. The van der Waals surface area contributed by atoms with Gasteiger partial charge in [0.2, 0.25) is 0 Å². The predicted molar refractivity (Wildman–Crippen MR) is 112 cm³/mol. The molecule has 0 radical (unpaired) electrons. The molecule has 0 unspecified atom stereocenters. The van der Waals surface area contributed by atoms with Crippen LogP contribution in [0.2, 0.25) is 5.02 Å². The second kappa shape index (κ2) is 7.74. The van der Waals surface area contributed by atoms with Crippen LogP contribution in [0.1, 0.15) is 42.8 Å². The van der Waals surface area contributed by atoms with Crippen LogP contribution >= 0.6 is 11.6 Å². The summed E-state index contributed by atoms with van der Waals surface area (Å²) in [7, 11) is 0. The molecular formula is C23H19ClO7. The highest BCUT2D eigenvalue weighted by atomic mass is 35.5. The number of hydrogen-bond acceptors (Lipinski definition) is 7. The van der Waals surface area contributed by atoms with E-state index in [1.54, 1.807) is 50.2 Å². The predicted octanol–water partition coefficient (Wildman–Crippen LogP) is 4.45. The van der Waals surface area contributed by atoms with Crippen molar-refractivity contribution in [2.75, 3.05) is 0 Å². The number of hydrogen-bond donors (Lipinski definition) is 0. The third kappa shape index (κ3) is 4.01. The van der Waals surface area contributed by atoms with Crippen molar-refractivity contribution >= 4 is 34.5 Å². The Bertz CT molecular complexity index is 1240. The van der Waals surface area contributed by atoms with Gasteiger partial charge in [-0.15, -0.1) is 0 Å². The van der Waals surface area contributed by atoms with Crippen molar-refractivity contribution in [3.63, 3.8) is 0 Å². The van der Waals surface area contributed by atoms with Crippen LogP contribution in [0.25, 0.3) is 11.0 Å². The average Bonchev–Trinajstić information content (AvgIpc) is 2.69. The molecule has 4 rings (SSSR count). The van der Waals surface area contributed by atoms with E-state index in [-0.39, 0.29) is 11.1 Å². The maximum absolute atomic E-state index is 13.0. The van der Waals surface area contributed by atoms with Gasteiger partial charge in [-0.05, 0) is 50.2 Å². The van der Waals surface area contributed by atoms with Gasteiger partial charge >= 0.3 is 17.6 Å². The summed E-state index contributed by atoms with van der Waals surface area (Å²) in [6.45, 7) is 4.69. The van der Waals surface area contributed by atoms with Gasteiger partial charge in [0, 0.05) is 23.4 Å². The maximum Gasteiger partial charge on any atom is 0.338 e. The van der Waals surface area contributed by atoms with E-state index in [9.17, 15) is 14.4 Å². The molecule has 1 aliphatic heterocycles. The SMILES string of the molecule is CC(=O)O[C@H]1[C@H](OC(=O)c2cccc(Cl)c2)c2c(ccc3ccc(=O)oc23)OC1(C)C. The molecule has 2 heterocycles. The number of esters is 2. The van der Waals surface area contributed by atoms with Crippen molar-refractivity contribution < 1.29 is 28.2 Å². The standard InChI is InChI=1S/C23H19ClO7/c1-12(25)28-21-20(30-22(27)14-5-4-6-15(24)11-14)18-16(31-23(21,2)3)9-7-13-8-10-17(26)29-19(13)18/h4-11,20-21H,1-3H3/t20-,21+/m1/s1. The lowest BCUT2D eigenvalue weighted by atomic mass is 9.87. The van der Waals surface area contributed by atoms with Crippen LogP contribution < -0.4 is 10.4 Å². The van der Waals surface area contributed by atoms with Gasteiger partial charge in [0.05, 0.1) is 11.1 Å². The third-order valence-electron chi connectivity index (χ3n) is 4.99. The zero-order valence-corrected chi connectivity index (χ0v) is 17.8. The quantitative estimate of drug-likeness (QED) is 0.437. The summed E-state index contributed by atoms with van der Waals surface area (Å²) in [4.78, 5) is 36.8. The maximum atomic E-state index is 13.0. The molecule has 160 valence electrons. The van der Waals surface area contributed by atoms with Crippen LogP contribution in [0.4, 0.5) is 0 Å². The van der Waals surface area contributed by atoms with Gasteiger partial charge in [0.25, 0.3) is 0 Å². The molecule has 31 heavy (non-hydrogen) atoms. The summed E-state index contributed by atoms with van der Waals surface area (Å²) >= 11 is 6.00. The summed E-state index contributed by atoms with van der Waals surface area (Å²) < 4.78 is 22.9. The monoisotopic (exact) mass is 442 g/mol. The molecule has 0 saturated carbocycles. The fraction of sp³-hybridized carbons (Fsp3) is 0.261. The van der Waals surface area contributed by atoms with Gasteiger partial charge in [-0.1, -0.05) is 17.7 Å². The average molecular weight is 443 g/mol. The Balaban J connectivity index is 1.89. The molecule has 0 spiro atoms. The Morgan fingerprint density at radius 3 is 2.52 bits per heavy atom. The highest BCUT2D eigenvalue weighted by molar-refractivity contribution is 6.30. The number of halogens is 1. The molecular weight excluding hydrogens is 424 g/mol. The van der Waals surface area contributed by atoms with Crippen molar-refractivity contribution in [2.45, 2.75) is 38.6 Å². The molecule has 2 atom stereocenters. The third-order valence-corrected chi connectivity index (χ3v) is 5.23. The van der Waals surface area contributed by atoms with Gasteiger partial charge in [-0.3, -0.25) is 4.79 Å². The topological polar surface area (TPSA) is 92.0 Å². The number of carbonyl (C=O) groups is 2. The lowest BCUT2D eigenvalue weighted by Crippen LogP contribution is -2.52. The first kappa shape index (κ1) is 20.9. The summed E-state index contributed by atoms with van der Waals surface area (Å²) in [6, 6.07) is 12.6. The smallest absolute Gasteiger partial charge is 0.338 e. The first-order chi connectivity index (χ1) is 14.7. The highest BCUT2D eigenvalue weighted by Gasteiger charge is 2.50. The van der Waals surface area contributed by atoms with Gasteiger partial charge in [-0.25, -0.2) is 9.59 Å². The Kier molecular flexibility index (Phi) is 5.23. The van der Waals surface area contributed by atoms with Gasteiger partial charge < -0.3 is 18.6 Å². The van der Waals surface area contributed by atoms with Crippen LogP contribution in [-0.2, 0) is 14.3 Å². The van der Waals surface area contributed by atoms with Crippen LogP contribution in [0, 0.1) is 0 Å². The Hall–Kier alpha value is -3.32. The van der Waals surface area contributed by atoms with Crippen molar-refractivity contribution in [3.8, 4) is 5.75 Å². The molecule has 1 aliphatic rings. The Labute approximate surface area is 182 Å². The normalized spacial score (nSPS) is 19.2. The fourth-order valence-corrected chi connectivity index (χ4v) is 3.84. The lowest BCUT2D eigenvalue weighted by molar-refractivity contribution is -0.175. The zero-order chi connectivity index (χ0) is 22.3. The van der Waals surface area contributed by atoms with Gasteiger partial charge in [0.15, 0.2) is 12.2 Å². The second-order valence-electron chi connectivity index (χ2n) is 7.72. The van der Waals surface area contributed by atoms with Crippen LogP contribution in [0.15, 0.2) is 57.7 Å². The van der Waals surface area contributed by atoms with E-state index in [1.165, 1.54) is 19.1 Å². The van der Waals surface area contributed by atoms with E-state index in [2.05, 4.69) is 0 Å². The van der Waals surface area contributed by atoms with Crippen LogP contribution in [-0.4, -0.2) is 23.6 Å². The first-order valence-electron chi connectivity index (χ1n) is 9.55. The van der Waals surface area contributed by atoms with Gasteiger partial charge in [-0.2, -0.15) is 0 Å². The minimum atomic E-state index is -1.09. The summed E-state index contributed by atoms with van der Waals surface area (Å²) in [6.07, 6.45) is -2.10. The van der Waals surface area contributed by atoms with Crippen LogP contribution in [0.5, 0.6) is 5.75 Å². The van der Waals surface area contributed by atoms with Crippen molar-refractivity contribution in [3.05, 3.63) is 75.1 Å². The van der Waals surface area contributed by atoms with E-state index in [0.29, 0.717) is 21.7 Å². The largest absolute Gasteiger partial charge is 0.483 e. The molecule has 2 aromatic carbocycles. The molecule has 0 N–H and O–H groups in total. The number of rotatable bonds is 3. The summed E-state index contributed by atoms with van der Waals surface area (Å²) in [5.41, 5.74) is -0.880. The molecule has 8 heteroatoms. The number of benzene rings is 2. The molecule has 0 saturated heterocycles. The van der Waals surface area contributed by atoms with Crippen molar-refractivity contribution in [2.24, 2.45) is 0 Å². The molecule has 0 bridgehead atoms. The fourth-order valence-electron chi connectivity index (χ4n) is 3.65. The molecule has 0 aliphatic carbocycles. The molecule has 3 aromatic rings. The second-order valence-corrected chi connectivity index (χ2v) is 8.16. The van der Waals surface area contributed by atoms with E-state index in [0.717, 1.165) is 0 Å². The summed E-state index contributed by atoms with van der Waals surface area (Å²) in [5.74, 6) is -0.890. The highest BCUT2D eigenvalue weighted by Crippen LogP contribution is 2.46. The van der Waals surface area contributed by atoms with E-state index < -0.39 is 35.4 Å². The number of carbonyl (C=O) groups excluding carboxylic acids is 2. The van der Waals surface area contributed by atoms with E-state index >= 15 is 0 Å². The number of fused-ring (bicyclic) bond motifs is 3. The zero-order valence-electron chi connectivity index (χ0n) is 17.0. The molecule has 7 nitrogen and oxygen atoms in total. The Morgan fingerprint density at radius 1 is 1.06 bits per heavy atom. The van der Waals surface area contributed by atoms with E-state index in [4.69, 9.17) is 30.2 Å². The van der Waals surface area contributed by atoms with Gasteiger partial charge in [0.1, 0.15) is 16.9 Å². The minimum Gasteiger partial charge on any atom is -0.483 e. The van der Waals surface area contributed by atoms with E-state index in [1.807, 2.05) is 0 Å². The number of ether oxygens (including phenoxy) is 3.